The normalized spacial score (nSPS) is 9.66. The molecule has 0 saturated carbocycles. The molecule has 3 aromatic carbocycles. The molecule has 0 aliphatic heterocycles. The number of hydrogen-bond acceptors (Lipinski definition) is 2. The van der Waals surface area contributed by atoms with Crippen molar-refractivity contribution >= 4 is 0 Å². The van der Waals surface area contributed by atoms with Gasteiger partial charge in [-0.25, -0.2) is 4.39 Å². The van der Waals surface area contributed by atoms with Crippen LogP contribution in [0.15, 0.2) is 66.2 Å². The predicted octanol–water partition coefficient (Wildman–Crippen LogP) is 8.88. The van der Waals surface area contributed by atoms with Crippen LogP contribution in [0, 0.1) is 19.7 Å². The van der Waals surface area contributed by atoms with Gasteiger partial charge in [0.1, 0.15) is 12.4 Å². The fourth-order valence-corrected chi connectivity index (χ4v) is 3.17. The molecule has 0 radical (unpaired) electrons. The number of allylic oxidation sites excluding steroid dienone is 1. The Balaban J connectivity index is 0.00000121. The zero-order valence-electron chi connectivity index (χ0n) is 20.7. The van der Waals surface area contributed by atoms with Gasteiger partial charge >= 0.3 is 0 Å². The Morgan fingerprint density at radius 3 is 1.81 bits per heavy atom. The van der Waals surface area contributed by atoms with Crippen LogP contribution in [-0.4, -0.2) is 11.7 Å². The van der Waals surface area contributed by atoms with Crippen molar-refractivity contribution in [1.29, 1.82) is 0 Å². The first-order valence-corrected chi connectivity index (χ1v) is 11.3. The molecule has 32 heavy (non-hydrogen) atoms. The summed E-state index contributed by atoms with van der Waals surface area (Å²) in [5.41, 5.74) is 7.39. The lowest BCUT2D eigenvalue weighted by molar-refractivity contribution is 0.335. The molecule has 0 heterocycles. The highest BCUT2D eigenvalue weighted by molar-refractivity contribution is 5.77. The quantitative estimate of drug-likeness (QED) is 0.405. The molecular weight excluding hydrogens is 399 g/mol. The largest absolute Gasteiger partial charge is 0.504 e. The highest BCUT2D eigenvalue weighted by Crippen LogP contribution is 2.36. The SMILES string of the molecule is CC.CC.CC(C)=CCOc1ccc(-c2cc(C)c(-c3ccc(F)cc3)cc2C)cc1O. The monoisotopic (exact) mass is 436 g/mol. The summed E-state index contributed by atoms with van der Waals surface area (Å²) < 4.78 is 18.8. The van der Waals surface area contributed by atoms with E-state index >= 15 is 0 Å². The molecule has 0 aliphatic rings. The van der Waals surface area contributed by atoms with Crippen LogP contribution in [0.5, 0.6) is 11.5 Å². The Kier molecular flexibility index (Phi) is 11.3. The summed E-state index contributed by atoms with van der Waals surface area (Å²) in [4.78, 5) is 0. The molecule has 0 saturated heterocycles. The predicted molar refractivity (Wildman–Crippen MR) is 136 cm³/mol. The smallest absolute Gasteiger partial charge is 0.161 e. The maximum Gasteiger partial charge on any atom is 0.161 e. The van der Waals surface area contributed by atoms with Gasteiger partial charge in [0.25, 0.3) is 0 Å². The molecule has 0 bridgehead atoms. The highest BCUT2D eigenvalue weighted by atomic mass is 19.1. The average Bonchev–Trinajstić information content (AvgIpc) is 2.79. The van der Waals surface area contributed by atoms with Gasteiger partial charge in [0.05, 0.1) is 0 Å². The number of phenolic OH excluding ortho intramolecular Hbond substituents is 1. The topological polar surface area (TPSA) is 29.5 Å². The maximum absolute atomic E-state index is 13.2. The average molecular weight is 437 g/mol. The van der Waals surface area contributed by atoms with Crippen molar-refractivity contribution in [1.82, 2.24) is 0 Å². The number of phenols is 1. The van der Waals surface area contributed by atoms with E-state index in [1.165, 1.54) is 17.7 Å². The van der Waals surface area contributed by atoms with Crippen molar-refractivity contribution < 1.29 is 14.2 Å². The zero-order valence-corrected chi connectivity index (χ0v) is 20.7. The minimum absolute atomic E-state index is 0.124. The highest BCUT2D eigenvalue weighted by Gasteiger charge is 2.11. The van der Waals surface area contributed by atoms with Gasteiger partial charge in [0.2, 0.25) is 0 Å². The lowest BCUT2D eigenvalue weighted by atomic mass is 9.92. The van der Waals surface area contributed by atoms with Crippen molar-refractivity contribution in [2.24, 2.45) is 0 Å². The van der Waals surface area contributed by atoms with Gasteiger partial charge in [-0.15, -0.1) is 0 Å². The lowest BCUT2D eigenvalue weighted by Crippen LogP contribution is -1.95. The molecule has 172 valence electrons. The van der Waals surface area contributed by atoms with E-state index in [0.29, 0.717) is 12.4 Å². The Morgan fingerprint density at radius 1 is 0.812 bits per heavy atom. The van der Waals surface area contributed by atoms with E-state index in [2.05, 4.69) is 12.1 Å². The Labute approximate surface area is 193 Å². The number of aryl methyl sites for hydroxylation is 2. The number of halogens is 1. The van der Waals surface area contributed by atoms with Crippen LogP contribution in [0.25, 0.3) is 22.3 Å². The van der Waals surface area contributed by atoms with Crippen molar-refractivity contribution in [3.63, 3.8) is 0 Å². The first-order valence-electron chi connectivity index (χ1n) is 11.3. The molecule has 3 rings (SSSR count). The molecule has 0 unspecified atom stereocenters. The molecule has 0 aliphatic carbocycles. The van der Waals surface area contributed by atoms with Crippen LogP contribution < -0.4 is 4.74 Å². The third-order valence-corrected chi connectivity index (χ3v) is 4.73. The molecule has 0 aromatic heterocycles. The summed E-state index contributed by atoms with van der Waals surface area (Å²) in [6.07, 6.45) is 1.97. The summed E-state index contributed by atoms with van der Waals surface area (Å²) in [6, 6.07) is 16.2. The summed E-state index contributed by atoms with van der Waals surface area (Å²) in [6.45, 7) is 16.5. The number of hydrogen-bond donors (Lipinski definition) is 1. The second-order valence-electron chi connectivity index (χ2n) is 7.26. The molecular formula is C29H37FO2. The summed E-state index contributed by atoms with van der Waals surface area (Å²) in [7, 11) is 0. The third kappa shape index (κ3) is 7.26. The number of ether oxygens (including phenoxy) is 1. The van der Waals surface area contributed by atoms with Crippen LogP contribution in [0.1, 0.15) is 52.7 Å². The van der Waals surface area contributed by atoms with E-state index in [9.17, 15) is 9.50 Å². The van der Waals surface area contributed by atoms with Gasteiger partial charge in [0.15, 0.2) is 11.5 Å². The zero-order chi connectivity index (χ0) is 24.3. The van der Waals surface area contributed by atoms with Crippen molar-refractivity contribution in [3.8, 4) is 33.8 Å². The van der Waals surface area contributed by atoms with E-state index in [-0.39, 0.29) is 11.6 Å². The Bertz CT molecular complexity index is 1010. The minimum atomic E-state index is -0.239. The molecule has 3 heteroatoms. The Morgan fingerprint density at radius 2 is 1.31 bits per heavy atom. The maximum atomic E-state index is 13.2. The molecule has 0 spiro atoms. The van der Waals surface area contributed by atoms with E-state index in [4.69, 9.17) is 4.74 Å². The summed E-state index contributed by atoms with van der Waals surface area (Å²) in [5, 5.41) is 10.4. The number of benzene rings is 3. The number of rotatable bonds is 5. The van der Waals surface area contributed by atoms with Gasteiger partial charge in [-0.2, -0.15) is 0 Å². The summed E-state index contributed by atoms with van der Waals surface area (Å²) >= 11 is 0. The van der Waals surface area contributed by atoms with Crippen LogP contribution in [0.3, 0.4) is 0 Å². The molecule has 0 amide bonds. The Hall–Kier alpha value is -3.07. The van der Waals surface area contributed by atoms with Crippen LogP contribution >= 0.6 is 0 Å². The minimum Gasteiger partial charge on any atom is -0.504 e. The van der Waals surface area contributed by atoms with Gasteiger partial charge in [0, 0.05) is 0 Å². The van der Waals surface area contributed by atoms with Crippen LogP contribution in [0.4, 0.5) is 4.39 Å². The van der Waals surface area contributed by atoms with Crippen LogP contribution in [0.2, 0.25) is 0 Å². The van der Waals surface area contributed by atoms with E-state index in [0.717, 1.165) is 33.4 Å². The molecule has 3 aromatic rings. The summed E-state index contributed by atoms with van der Waals surface area (Å²) in [5.74, 6) is 0.356. The van der Waals surface area contributed by atoms with E-state index in [1.54, 1.807) is 24.3 Å². The van der Waals surface area contributed by atoms with Crippen molar-refractivity contribution in [3.05, 3.63) is 83.2 Å². The molecule has 2 nitrogen and oxygen atoms in total. The second-order valence-corrected chi connectivity index (χ2v) is 7.26. The van der Waals surface area contributed by atoms with Gasteiger partial charge in [-0.05, 0) is 91.4 Å². The molecule has 1 N–H and O–H groups in total. The standard InChI is InChI=1S/C25H25FO2.2C2H6/c1-16(2)11-12-28-25-10-7-20(15-24(25)27)23-14-17(3)22(13-18(23)4)19-5-8-21(26)9-6-19;2*1-2/h5-11,13-15,27H,12H2,1-4H3;2*1-2H3. The first-order chi connectivity index (χ1) is 15.3. The fourth-order valence-electron chi connectivity index (χ4n) is 3.17. The molecule has 0 fully saturated rings. The van der Waals surface area contributed by atoms with E-state index < -0.39 is 0 Å². The van der Waals surface area contributed by atoms with Crippen molar-refractivity contribution in [2.45, 2.75) is 55.4 Å². The van der Waals surface area contributed by atoms with E-state index in [1.807, 2.05) is 67.5 Å². The van der Waals surface area contributed by atoms with Gasteiger partial charge < -0.3 is 9.84 Å². The number of aromatic hydroxyl groups is 1. The second kappa shape index (κ2) is 13.4. The third-order valence-electron chi connectivity index (χ3n) is 4.73. The fraction of sp³-hybridized carbons (Fsp3) is 0.310. The van der Waals surface area contributed by atoms with Crippen LogP contribution in [-0.2, 0) is 0 Å². The lowest BCUT2D eigenvalue weighted by Gasteiger charge is -2.14. The first kappa shape index (κ1) is 27.0. The van der Waals surface area contributed by atoms with Crippen molar-refractivity contribution in [2.75, 3.05) is 6.61 Å². The van der Waals surface area contributed by atoms with Gasteiger partial charge in [-0.1, -0.05) is 63.6 Å². The van der Waals surface area contributed by atoms with Gasteiger partial charge in [-0.3, -0.25) is 0 Å². The molecule has 0 atom stereocenters.